The molecule has 1 atom stereocenters. The van der Waals surface area contributed by atoms with Gasteiger partial charge in [-0.25, -0.2) is 4.98 Å². The minimum absolute atomic E-state index is 0.206. The van der Waals surface area contributed by atoms with E-state index in [2.05, 4.69) is 4.98 Å². The van der Waals surface area contributed by atoms with E-state index in [0.29, 0.717) is 13.2 Å². The molecule has 0 amide bonds. The summed E-state index contributed by atoms with van der Waals surface area (Å²) in [4.78, 5) is 4.24. The predicted octanol–water partition coefficient (Wildman–Crippen LogP) is 2.35. The molecular formula is C13H14N2O2S. The zero-order valence-corrected chi connectivity index (χ0v) is 10.7. The fourth-order valence-electron chi connectivity index (χ4n) is 1.90. The molecule has 18 heavy (non-hydrogen) atoms. The maximum absolute atomic E-state index is 6.18. The van der Waals surface area contributed by atoms with Crippen LogP contribution in [0.15, 0.2) is 29.8 Å². The van der Waals surface area contributed by atoms with E-state index in [-0.39, 0.29) is 6.04 Å². The molecule has 1 aromatic carbocycles. The summed E-state index contributed by atoms with van der Waals surface area (Å²) in [5, 5.41) is 2.84. The number of nitrogens with two attached hydrogens (primary N) is 1. The molecule has 2 aromatic rings. The van der Waals surface area contributed by atoms with Crippen molar-refractivity contribution >= 4 is 11.3 Å². The smallest absolute Gasteiger partial charge is 0.161 e. The molecule has 0 saturated heterocycles. The van der Waals surface area contributed by atoms with Crippen LogP contribution in [0.5, 0.6) is 11.5 Å². The maximum Gasteiger partial charge on any atom is 0.161 e. The van der Waals surface area contributed by atoms with Crippen molar-refractivity contribution < 1.29 is 9.47 Å². The van der Waals surface area contributed by atoms with Gasteiger partial charge >= 0.3 is 0 Å². The quantitative estimate of drug-likeness (QED) is 0.902. The molecule has 2 N–H and O–H groups in total. The number of hydrogen-bond acceptors (Lipinski definition) is 5. The molecule has 94 valence electrons. The van der Waals surface area contributed by atoms with Crippen molar-refractivity contribution in [2.24, 2.45) is 5.73 Å². The second-order valence-electron chi connectivity index (χ2n) is 4.10. The van der Waals surface area contributed by atoms with Crippen molar-refractivity contribution in [2.45, 2.75) is 12.5 Å². The van der Waals surface area contributed by atoms with Crippen molar-refractivity contribution in [1.82, 2.24) is 4.98 Å². The van der Waals surface area contributed by atoms with Gasteiger partial charge in [-0.1, -0.05) is 6.07 Å². The molecule has 0 fully saturated rings. The van der Waals surface area contributed by atoms with Gasteiger partial charge in [-0.05, 0) is 17.7 Å². The summed E-state index contributed by atoms with van der Waals surface area (Å²) in [6.07, 6.45) is 2.67. The molecule has 3 rings (SSSR count). The van der Waals surface area contributed by atoms with E-state index in [1.165, 1.54) is 0 Å². The third kappa shape index (κ3) is 2.19. The van der Waals surface area contributed by atoms with E-state index >= 15 is 0 Å². The highest BCUT2D eigenvalue weighted by Gasteiger charge is 2.16. The fourth-order valence-corrected chi connectivity index (χ4v) is 2.57. The van der Waals surface area contributed by atoms with Crippen LogP contribution < -0.4 is 15.2 Å². The lowest BCUT2D eigenvalue weighted by molar-refractivity contribution is 0.297. The third-order valence-corrected chi connectivity index (χ3v) is 3.71. The lowest BCUT2D eigenvalue weighted by Crippen LogP contribution is -2.11. The van der Waals surface area contributed by atoms with Crippen molar-refractivity contribution in [3.05, 3.63) is 40.3 Å². The Kier molecular flexibility index (Phi) is 3.17. The highest BCUT2D eigenvalue weighted by atomic mass is 32.1. The molecule has 1 aliphatic heterocycles. The first kappa shape index (κ1) is 11.5. The van der Waals surface area contributed by atoms with Crippen LogP contribution in [0.2, 0.25) is 0 Å². The van der Waals surface area contributed by atoms with Crippen LogP contribution >= 0.6 is 11.3 Å². The Morgan fingerprint density at radius 3 is 2.83 bits per heavy atom. The van der Waals surface area contributed by atoms with Gasteiger partial charge in [-0.15, -0.1) is 11.3 Å². The first-order valence-corrected chi connectivity index (χ1v) is 6.77. The average molecular weight is 262 g/mol. The van der Waals surface area contributed by atoms with Crippen molar-refractivity contribution in [3.8, 4) is 11.5 Å². The summed E-state index contributed by atoms with van der Waals surface area (Å²) in [6.45, 7) is 1.38. The molecular weight excluding hydrogens is 248 g/mol. The monoisotopic (exact) mass is 262 g/mol. The van der Waals surface area contributed by atoms with Gasteiger partial charge in [-0.2, -0.15) is 0 Å². The SMILES string of the molecule is NC(c1ccc2c(c1)OCCCO2)c1nccs1. The summed E-state index contributed by atoms with van der Waals surface area (Å²) in [7, 11) is 0. The molecule has 0 bridgehead atoms. The van der Waals surface area contributed by atoms with Crippen LogP contribution in [-0.2, 0) is 0 Å². The molecule has 4 nitrogen and oxygen atoms in total. The van der Waals surface area contributed by atoms with E-state index < -0.39 is 0 Å². The van der Waals surface area contributed by atoms with Crippen LogP contribution in [0, 0.1) is 0 Å². The molecule has 5 heteroatoms. The van der Waals surface area contributed by atoms with Crippen molar-refractivity contribution in [2.75, 3.05) is 13.2 Å². The standard InChI is InChI=1S/C13H14N2O2S/c14-12(13-15-4-7-18-13)9-2-3-10-11(8-9)17-6-1-5-16-10/h2-4,7-8,12H,1,5-6,14H2. The van der Waals surface area contributed by atoms with Gasteiger partial charge in [0, 0.05) is 18.0 Å². The highest BCUT2D eigenvalue weighted by Crippen LogP contribution is 2.33. The number of benzene rings is 1. The maximum atomic E-state index is 6.18. The number of thiazole rings is 1. The molecule has 0 saturated carbocycles. The molecule has 2 heterocycles. The number of rotatable bonds is 2. The zero-order chi connectivity index (χ0) is 12.4. The topological polar surface area (TPSA) is 57.4 Å². The van der Waals surface area contributed by atoms with Gasteiger partial charge < -0.3 is 15.2 Å². The van der Waals surface area contributed by atoms with E-state index in [1.54, 1.807) is 17.5 Å². The second-order valence-corrected chi connectivity index (χ2v) is 5.03. The zero-order valence-electron chi connectivity index (χ0n) is 9.83. The van der Waals surface area contributed by atoms with E-state index in [0.717, 1.165) is 28.5 Å². The molecule has 1 aliphatic rings. The summed E-state index contributed by atoms with van der Waals surface area (Å²) in [5.74, 6) is 1.57. The molecule has 0 aliphatic carbocycles. The summed E-state index contributed by atoms with van der Waals surface area (Å²) >= 11 is 1.56. The predicted molar refractivity (Wildman–Crippen MR) is 70.2 cm³/mol. The number of hydrogen-bond donors (Lipinski definition) is 1. The van der Waals surface area contributed by atoms with Gasteiger partial charge in [0.2, 0.25) is 0 Å². The average Bonchev–Trinajstić information content (AvgIpc) is 2.83. The highest BCUT2D eigenvalue weighted by molar-refractivity contribution is 7.09. The third-order valence-electron chi connectivity index (χ3n) is 2.85. The number of aromatic nitrogens is 1. The van der Waals surface area contributed by atoms with Crippen LogP contribution in [-0.4, -0.2) is 18.2 Å². The van der Waals surface area contributed by atoms with Gasteiger partial charge in [-0.3, -0.25) is 0 Å². The van der Waals surface area contributed by atoms with Gasteiger partial charge in [0.15, 0.2) is 11.5 Å². The Bertz CT molecular complexity index is 528. The van der Waals surface area contributed by atoms with E-state index in [4.69, 9.17) is 15.2 Å². The Hall–Kier alpha value is -1.59. The summed E-state index contributed by atoms with van der Waals surface area (Å²) < 4.78 is 11.3. The lowest BCUT2D eigenvalue weighted by Gasteiger charge is -2.12. The fraction of sp³-hybridized carbons (Fsp3) is 0.308. The summed E-state index contributed by atoms with van der Waals surface area (Å²) in [5.41, 5.74) is 7.18. The van der Waals surface area contributed by atoms with E-state index in [1.807, 2.05) is 23.6 Å². The molecule has 0 spiro atoms. The Morgan fingerprint density at radius 1 is 1.22 bits per heavy atom. The van der Waals surface area contributed by atoms with Gasteiger partial charge in [0.05, 0.1) is 19.3 Å². The van der Waals surface area contributed by atoms with Crippen molar-refractivity contribution in [3.63, 3.8) is 0 Å². The Balaban J connectivity index is 1.92. The normalized spacial score (nSPS) is 16.1. The summed E-state index contributed by atoms with van der Waals surface area (Å²) in [6, 6.07) is 5.64. The minimum atomic E-state index is -0.206. The first-order valence-electron chi connectivity index (χ1n) is 5.89. The Morgan fingerprint density at radius 2 is 2.06 bits per heavy atom. The van der Waals surface area contributed by atoms with Gasteiger partial charge in [0.25, 0.3) is 0 Å². The lowest BCUT2D eigenvalue weighted by atomic mass is 10.1. The Labute approximate surface area is 109 Å². The molecule has 1 unspecified atom stereocenters. The van der Waals surface area contributed by atoms with Crippen LogP contribution in [0.3, 0.4) is 0 Å². The van der Waals surface area contributed by atoms with E-state index in [9.17, 15) is 0 Å². The largest absolute Gasteiger partial charge is 0.490 e. The van der Waals surface area contributed by atoms with Gasteiger partial charge in [0.1, 0.15) is 5.01 Å². The number of nitrogens with zero attached hydrogens (tertiary/aromatic N) is 1. The molecule has 0 radical (unpaired) electrons. The van der Waals surface area contributed by atoms with Crippen LogP contribution in [0.25, 0.3) is 0 Å². The second kappa shape index (κ2) is 4.96. The first-order chi connectivity index (χ1) is 8.84. The van der Waals surface area contributed by atoms with Crippen LogP contribution in [0.1, 0.15) is 23.0 Å². The minimum Gasteiger partial charge on any atom is -0.490 e. The number of fused-ring (bicyclic) bond motifs is 1. The molecule has 1 aromatic heterocycles. The van der Waals surface area contributed by atoms with Crippen molar-refractivity contribution in [1.29, 1.82) is 0 Å². The van der Waals surface area contributed by atoms with Crippen LogP contribution in [0.4, 0.5) is 0 Å². The number of ether oxygens (including phenoxy) is 2.